The lowest BCUT2D eigenvalue weighted by molar-refractivity contribution is 0.329. The second-order valence-corrected chi connectivity index (χ2v) is 7.69. The zero-order chi connectivity index (χ0) is 17.9. The Morgan fingerprint density at radius 1 is 0.833 bits per heavy atom. The van der Waals surface area contributed by atoms with Gasteiger partial charge in [-0.3, -0.25) is 0 Å². The Hall–Kier alpha value is -0.420. The summed E-state index contributed by atoms with van der Waals surface area (Å²) in [5, 5.41) is 11.5. The van der Waals surface area contributed by atoms with Gasteiger partial charge in [0.25, 0.3) is 0 Å². The van der Waals surface area contributed by atoms with E-state index in [-0.39, 0.29) is 5.75 Å². The summed E-state index contributed by atoms with van der Waals surface area (Å²) in [6, 6.07) is 0. The number of rotatable bonds is 12. The van der Waals surface area contributed by atoms with Gasteiger partial charge in [0.15, 0.2) is 11.5 Å². The quantitative estimate of drug-likeness (QED) is 0.281. The Bertz CT molecular complexity index is 504. The van der Waals surface area contributed by atoms with Crippen molar-refractivity contribution in [2.45, 2.75) is 64.7 Å². The van der Waals surface area contributed by atoms with Gasteiger partial charge in [0.2, 0.25) is 5.75 Å². The smallest absolute Gasteiger partial charge is 0.204 e. The van der Waals surface area contributed by atoms with Crippen LogP contribution in [0.4, 0.5) is 0 Å². The Kier molecular flexibility index (Phi) is 10.8. The lowest BCUT2D eigenvalue weighted by Gasteiger charge is -2.18. The second-order valence-electron chi connectivity index (χ2n) is 6.10. The summed E-state index contributed by atoms with van der Waals surface area (Å²) in [6.45, 7) is 1.93. The first-order chi connectivity index (χ1) is 11.6. The molecule has 0 aromatic heterocycles. The van der Waals surface area contributed by atoms with Crippen LogP contribution in [-0.2, 0) is 6.42 Å². The number of unbranched alkanes of at least 4 members (excludes halogenated alkanes) is 7. The van der Waals surface area contributed by atoms with Gasteiger partial charge in [0.1, 0.15) is 0 Å². The monoisotopic (exact) mass is 464 g/mol. The molecule has 0 heterocycles. The molecule has 0 aliphatic carbocycles. The molecule has 0 amide bonds. The van der Waals surface area contributed by atoms with Crippen LogP contribution >= 0.6 is 31.9 Å². The van der Waals surface area contributed by atoms with Crippen molar-refractivity contribution in [3.05, 3.63) is 15.6 Å². The minimum Gasteiger partial charge on any atom is -0.504 e. The van der Waals surface area contributed by atoms with Crippen molar-refractivity contribution in [1.29, 1.82) is 0 Å². The third-order valence-electron chi connectivity index (χ3n) is 4.41. The van der Waals surface area contributed by atoms with Crippen LogP contribution in [0.5, 0.6) is 17.2 Å². The minimum absolute atomic E-state index is 0.180. The molecule has 0 saturated heterocycles. The summed E-state index contributed by atoms with van der Waals surface area (Å²) in [6.07, 6.45) is 11.2. The topological polar surface area (TPSA) is 38.7 Å². The van der Waals surface area contributed by atoms with E-state index in [0.29, 0.717) is 11.5 Å². The van der Waals surface area contributed by atoms with E-state index < -0.39 is 0 Å². The molecule has 1 N–H and O–H groups in total. The highest BCUT2D eigenvalue weighted by molar-refractivity contribution is 9.10. The van der Waals surface area contributed by atoms with Gasteiger partial charge in [-0.05, 0) is 53.2 Å². The highest BCUT2D eigenvalue weighted by atomic mass is 79.9. The molecule has 24 heavy (non-hydrogen) atoms. The average molecular weight is 466 g/mol. The third-order valence-corrected chi connectivity index (χ3v) is 5.81. The zero-order valence-electron chi connectivity index (χ0n) is 15.1. The molecule has 0 bridgehead atoms. The van der Waals surface area contributed by atoms with Gasteiger partial charge >= 0.3 is 0 Å². The van der Waals surface area contributed by atoms with Crippen LogP contribution in [0.3, 0.4) is 0 Å². The summed E-state index contributed by atoms with van der Waals surface area (Å²) < 4.78 is 11.6. The van der Waals surface area contributed by atoms with Gasteiger partial charge in [-0.2, -0.15) is 0 Å². The van der Waals surface area contributed by atoms with E-state index in [1.807, 2.05) is 6.92 Å². The molecule has 138 valence electrons. The maximum absolute atomic E-state index is 10.3. The van der Waals surface area contributed by atoms with E-state index in [9.17, 15) is 5.11 Å². The van der Waals surface area contributed by atoms with Crippen LogP contribution in [0, 0.1) is 6.92 Å². The van der Waals surface area contributed by atoms with E-state index in [2.05, 4.69) is 31.9 Å². The molecular weight excluding hydrogens is 436 g/mol. The Balaban J connectivity index is 2.50. The predicted molar refractivity (Wildman–Crippen MR) is 108 cm³/mol. The first-order valence-electron chi connectivity index (χ1n) is 8.76. The minimum atomic E-state index is 0.180. The van der Waals surface area contributed by atoms with Gasteiger partial charge < -0.3 is 14.6 Å². The van der Waals surface area contributed by atoms with Crippen LogP contribution in [0.2, 0.25) is 0 Å². The lowest BCUT2D eigenvalue weighted by Crippen LogP contribution is -2.00. The summed E-state index contributed by atoms with van der Waals surface area (Å²) >= 11 is 7.09. The predicted octanol–water partition coefficient (Wildman–Crippen LogP) is 6.54. The Labute approximate surface area is 163 Å². The van der Waals surface area contributed by atoms with Crippen LogP contribution in [0.15, 0.2) is 4.47 Å². The van der Waals surface area contributed by atoms with Gasteiger partial charge in [-0.1, -0.05) is 54.5 Å². The van der Waals surface area contributed by atoms with E-state index in [4.69, 9.17) is 9.47 Å². The first-order valence-corrected chi connectivity index (χ1v) is 10.7. The number of hydrogen-bond acceptors (Lipinski definition) is 3. The van der Waals surface area contributed by atoms with E-state index >= 15 is 0 Å². The van der Waals surface area contributed by atoms with Crippen molar-refractivity contribution >= 4 is 31.9 Å². The SMILES string of the molecule is COc1c(O)c(C)c(CCCCCCCCCCBr)c(Br)c1OC. The molecule has 5 heteroatoms. The summed E-state index contributed by atoms with van der Waals surface area (Å²) in [7, 11) is 3.14. The summed E-state index contributed by atoms with van der Waals surface area (Å²) in [5.41, 5.74) is 1.98. The highest BCUT2D eigenvalue weighted by Crippen LogP contribution is 2.47. The van der Waals surface area contributed by atoms with Gasteiger partial charge in [-0.15, -0.1) is 0 Å². The summed E-state index contributed by atoms with van der Waals surface area (Å²) in [4.78, 5) is 0. The van der Waals surface area contributed by atoms with Crippen molar-refractivity contribution in [3.63, 3.8) is 0 Å². The van der Waals surface area contributed by atoms with Crippen LogP contribution < -0.4 is 9.47 Å². The number of hydrogen-bond donors (Lipinski definition) is 1. The molecule has 1 rings (SSSR count). The number of halogens is 2. The van der Waals surface area contributed by atoms with E-state index in [1.165, 1.54) is 44.9 Å². The van der Waals surface area contributed by atoms with Crippen molar-refractivity contribution in [2.24, 2.45) is 0 Å². The normalized spacial score (nSPS) is 10.9. The van der Waals surface area contributed by atoms with Crippen molar-refractivity contribution in [2.75, 3.05) is 19.5 Å². The highest BCUT2D eigenvalue weighted by Gasteiger charge is 2.21. The number of methoxy groups -OCH3 is 2. The maximum atomic E-state index is 10.3. The fourth-order valence-electron chi connectivity index (χ4n) is 2.95. The largest absolute Gasteiger partial charge is 0.504 e. The molecule has 0 saturated carbocycles. The molecule has 0 aliphatic heterocycles. The van der Waals surface area contributed by atoms with E-state index in [1.54, 1.807) is 14.2 Å². The van der Waals surface area contributed by atoms with E-state index in [0.717, 1.165) is 33.8 Å². The molecule has 0 spiro atoms. The van der Waals surface area contributed by atoms with Crippen molar-refractivity contribution in [1.82, 2.24) is 0 Å². The number of alkyl halides is 1. The molecule has 0 radical (unpaired) electrons. The van der Waals surface area contributed by atoms with Gasteiger partial charge in [-0.25, -0.2) is 0 Å². The molecule has 0 aliphatic rings. The molecular formula is C19H30Br2O3. The van der Waals surface area contributed by atoms with Crippen LogP contribution in [-0.4, -0.2) is 24.7 Å². The molecule has 1 aromatic carbocycles. The molecule has 0 unspecified atom stereocenters. The summed E-state index contributed by atoms with van der Waals surface area (Å²) in [5.74, 6) is 1.15. The lowest BCUT2D eigenvalue weighted by atomic mass is 9.99. The zero-order valence-corrected chi connectivity index (χ0v) is 18.3. The standard InChI is InChI=1S/C19H30Br2O3/c1-14-15(12-10-8-6-4-5-7-9-11-13-20)16(21)18(23-2)19(24-3)17(14)22/h22H,4-13H2,1-3H3. The van der Waals surface area contributed by atoms with Crippen molar-refractivity contribution in [3.8, 4) is 17.2 Å². The number of benzene rings is 1. The second kappa shape index (κ2) is 12.0. The fraction of sp³-hybridized carbons (Fsp3) is 0.684. The van der Waals surface area contributed by atoms with Crippen LogP contribution in [0.25, 0.3) is 0 Å². The number of phenolic OH excluding ortho intramolecular Hbond substituents is 1. The fourth-order valence-corrected chi connectivity index (χ4v) is 4.18. The van der Waals surface area contributed by atoms with Gasteiger partial charge in [0, 0.05) is 5.33 Å². The number of ether oxygens (including phenoxy) is 2. The molecule has 1 aromatic rings. The number of aromatic hydroxyl groups is 1. The average Bonchev–Trinajstić information content (AvgIpc) is 2.58. The molecule has 3 nitrogen and oxygen atoms in total. The van der Waals surface area contributed by atoms with Crippen LogP contribution in [0.1, 0.15) is 62.5 Å². The Morgan fingerprint density at radius 2 is 1.33 bits per heavy atom. The van der Waals surface area contributed by atoms with Gasteiger partial charge in [0.05, 0.1) is 18.7 Å². The first kappa shape index (κ1) is 21.6. The Morgan fingerprint density at radius 3 is 1.83 bits per heavy atom. The third kappa shape index (κ3) is 6.14. The molecule has 0 fully saturated rings. The number of phenols is 1. The maximum Gasteiger partial charge on any atom is 0.204 e. The molecule has 0 atom stereocenters. The van der Waals surface area contributed by atoms with Crippen molar-refractivity contribution < 1.29 is 14.6 Å².